The minimum Gasteiger partial charge on any atom is -0.456 e. The summed E-state index contributed by atoms with van der Waals surface area (Å²) in [4.78, 5) is 0. The zero-order valence-corrected chi connectivity index (χ0v) is 6.29. The first-order valence-electron chi connectivity index (χ1n) is 3.40. The zero-order valence-electron chi connectivity index (χ0n) is 6.29. The van der Waals surface area contributed by atoms with Crippen LogP contribution in [0.4, 0.5) is 0 Å². The molecular weight excluding hydrogens is 146 g/mol. The highest BCUT2D eigenvalue weighted by atomic mass is 16.5. The first-order valence-corrected chi connectivity index (χ1v) is 3.40. The lowest BCUT2D eigenvalue weighted by Crippen LogP contribution is -2.39. The van der Waals surface area contributed by atoms with Gasteiger partial charge < -0.3 is 25.3 Å². The van der Waals surface area contributed by atoms with E-state index in [0.29, 0.717) is 15.4 Å². The molecule has 5 nitrogen and oxygen atoms in total. The maximum atomic E-state index is 7.53. The molecule has 0 aromatic rings. The van der Waals surface area contributed by atoms with Crippen LogP contribution in [0.25, 0.3) is 0 Å². The minimum atomic E-state index is 0.375. The molecule has 1 rings (SSSR count). The van der Waals surface area contributed by atoms with Gasteiger partial charge >= 0.3 is 15.4 Å². The molecule has 1 aliphatic heterocycles. The van der Waals surface area contributed by atoms with Crippen LogP contribution in [0.3, 0.4) is 0 Å². The van der Waals surface area contributed by atoms with Gasteiger partial charge in [-0.3, -0.25) is 0 Å². The van der Waals surface area contributed by atoms with E-state index in [9.17, 15) is 0 Å². The first kappa shape index (κ1) is 10.9. The van der Waals surface area contributed by atoms with Gasteiger partial charge in [0.15, 0.2) is 0 Å². The highest BCUT2D eigenvalue weighted by Crippen LogP contribution is 1.65. The Labute approximate surface area is 67.8 Å². The third-order valence-electron chi connectivity index (χ3n) is 1.08. The van der Waals surface area contributed by atoms with Gasteiger partial charge in [-0.05, 0) is 0 Å². The van der Waals surface area contributed by atoms with Crippen LogP contribution in [-0.2, 0) is 4.57 Å². The number of hydrogen-bond donors (Lipinski definition) is 4. The number of hydrogen-bond acceptors (Lipinski definition) is 5. The molecule has 0 amide bonds. The average Bonchev–Trinajstić information content (AvgIpc) is 2.10. The van der Waals surface area contributed by atoms with Crippen molar-refractivity contribution in [3.63, 3.8) is 0 Å². The quantitative estimate of drug-likeness (QED) is 0.327. The maximum Gasteiger partial charge on any atom is 0.469 e. The van der Waals surface area contributed by atoms with E-state index in [1.807, 2.05) is 0 Å². The Morgan fingerprint density at radius 1 is 0.909 bits per heavy atom. The molecule has 0 atom stereocenters. The van der Waals surface area contributed by atoms with Gasteiger partial charge in [0.2, 0.25) is 0 Å². The van der Waals surface area contributed by atoms with Gasteiger partial charge in [-0.25, -0.2) is 0 Å². The number of nitrogens with one attached hydrogen (secondary N) is 2. The van der Waals surface area contributed by atoms with E-state index in [1.165, 1.54) is 0 Å². The van der Waals surface area contributed by atoms with Crippen molar-refractivity contribution in [1.82, 2.24) is 10.6 Å². The summed E-state index contributed by atoms with van der Waals surface area (Å²) in [5, 5.41) is 21.5. The van der Waals surface area contributed by atoms with Gasteiger partial charge in [0.05, 0.1) is 0 Å². The van der Waals surface area contributed by atoms with Crippen LogP contribution in [0.2, 0.25) is 0 Å². The summed E-state index contributed by atoms with van der Waals surface area (Å²) in [6.07, 6.45) is 0. The Morgan fingerprint density at radius 3 is 1.36 bits per heavy atom. The van der Waals surface area contributed by atoms with Crippen molar-refractivity contribution in [3.05, 3.63) is 0 Å². The molecule has 1 heterocycles. The van der Waals surface area contributed by atoms with Crippen LogP contribution in [0.15, 0.2) is 0 Å². The second kappa shape index (κ2) is 9.93. The zero-order chi connectivity index (χ0) is 8.36. The van der Waals surface area contributed by atoms with Gasteiger partial charge in [0.1, 0.15) is 0 Å². The monoisotopic (exact) mass is 158 g/mol. The molecule has 0 aromatic carbocycles. The van der Waals surface area contributed by atoms with Crippen molar-refractivity contribution in [3.8, 4) is 0 Å². The van der Waals surface area contributed by atoms with Crippen LogP contribution in [0, 0.1) is 0 Å². The Kier molecular flexibility index (Phi) is 9.87. The number of rotatable bonds is 2. The fourth-order valence-corrected chi connectivity index (χ4v) is 0.631. The highest BCUT2D eigenvalue weighted by Gasteiger charge is 1.91. The van der Waals surface area contributed by atoms with Crippen LogP contribution >= 0.6 is 0 Å². The molecule has 0 saturated carbocycles. The molecule has 1 saturated heterocycles. The summed E-state index contributed by atoms with van der Waals surface area (Å²) in [6.45, 7) is 4.56. The molecule has 0 aromatic heterocycles. The third kappa shape index (κ3) is 9.93. The lowest BCUT2D eigenvalue weighted by Gasteiger charge is -2.11. The van der Waals surface area contributed by atoms with Crippen molar-refractivity contribution in [1.29, 1.82) is 0 Å². The maximum absolute atomic E-state index is 7.53. The summed E-state index contributed by atoms with van der Waals surface area (Å²) in [5.74, 6) is 0. The second-order valence-electron chi connectivity index (χ2n) is 1.85. The van der Waals surface area contributed by atoms with Gasteiger partial charge in [-0.2, -0.15) is 0 Å². The summed E-state index contributed by atoms with van der Waals surface area (Å²) in [6, 6.07) is 0. The van der Waals surface area contributed by atoms with Crippen LogP contribution in [0.5, 0.6) is 0 Å². The molecule has 7 heteroatoms. The van der Waals surface area contributed by atoms with E-state index in [0.717, 1.165) is 26.2 Å². The number of piperazine rings is 1. The fourth-order valence-electron chi connectivity index (χ4n) is 0.631. The fraction of sp³-hybridized carbons (Fsp3) is 1.00. The molecule has 0 spiro atoms. The molecule has 11 heavy (non-hydrogen) atoms. The largest absolute Gasteiger partial charge is 0.469 e. The molecule has 1 aliphatic rings. The predicted octanol–water partition coefficient (Wildman–Crippen LogP) is -2.76. The van der Waals surface area contributed by atoms with Gasteiger partial charge in [-0.15, -0.1) is 0 Å². The van der Waals surface area contributed by atoms with E-state index in [4.69, 9.17) is 10.0 Å². The Bertz CT molecular complexity index is 60.8. The molecule has 2 radical (unpaired) electrons. The van der Waals surface area contributed by atoms with Crippen molar-refractivity contribution < 1.29 is 14.6 Å². The van der Waals surface area contributed by atoms with Crippen LogP contribution < -0.4 is 10.6 Å². The van der Waals surface area contributed by atoms with Gasteiger partial charge in [0, 0.05) is 26.2 Å². The Morgan fingerprint density at radius 2 is 1.27 bits per heavy atom. The van der Waals surface area contributed by atoms with E-state index in [1.54, 1.807) is 0 Å². The molecule has 1 fully saturated rings. The smallest absolute Gasteiger partial charge is 0.456 e. The summed E-state index contributed by atoms with van der Waals surface area (Å²) < 4.78 is 3.69. The van der Waals surface area contributed by atoms with E-state index < -0.39 is 0 Å². The molecule has 0 bridgehead atoms. The molecule has 4 N–H and O–H groups in total. The minimum absolute atomic E-state index is 0.375. The summed E-state index contributed by atoms with van der Waals surface area (Å²) in [7, 11) is 0.750. The van der Waals surface area contributed by atoms with E-state index >= 15 is 0 Å². The SMILES string of the molecule is C1CNCCN1.O[B]O[B]O. The lowest BCUT2D eigenvalue weighted by atomic mass is 10.3. The standard InChI is InChI=1S/C4H10N2.B2H2O3/c1-2-6-4-3-5-1;3-1-5-2-4/h5-6H,1-4H2;3-4H. The van der Waals surface area contributed by atoms with Crippen LogP contribution in [0.1, 0.15) is 0 Å². The Hall–Kier alpha value is -0.0701. The van der Waals surface area contributed by atoms with Crippen LogP contribution in [-0.4, -0.2) is 51.6 Å². The van der Waals surface area contributed by atoms with Gasteiger partial charge in [0.25, 0.3) is 0 Å². The summed E-state index contributed by atoms with van der Waals surface area (Å²) in [5.41, 5.74) is 0. The molecular formula is C4H12B2N2O3. The molecule has 0 aliphatic carbocycles. The van der Waals surface area contributed by atoms with Crippen molar-refractivity contribution in [2.24, 2.45) is 0 Å². The highest BCUT2D eigenvalue weighted by molar-refractivity contribution is 6.32. The molecule has 62 valence electrons. The molecule has 0 unspecified atom stereocenters. The lowest BCUT2D eigenvalue weighted by molar-refractivity contribution is 0.408. The van der Waals surface area contributed by atoms with Crippen molar-refractivity contribution in [2.45, 2.75) is 0 Å². The van der Waals surface area contributed by atoms with Gasteiger partial charge in [-0.1, -0.05) is 0 Å². The van der Waals surface area contributed by atoms with Crippen molar-refractivity contribution in [2.75, 3.05) is 26.2 Å². The topological polar surface area (TPSA) is 73.8 Å². The third-order valence-corrected chi connectivity index (χ3v) is 1.08. The predicted molar refractivity (Wildman–Crippen MR) is 42.8 cm³/mol. The van der Waals surface area contributed by atoms with E-state index in [2.05, 4.69) is 15.2 Å². The first-order chi connectivity index (χ1) is 5.41. The van der Waals surface area contributed by atoms with E-state index in [-0.39, 0.29) is 0 Å². The Balaban J connectivity index is 0.000000187. The second-order valence-corrected chi connectivity index (χ2v) is 1.85. The average molecular weight is 158 g/mol. The normalized spacial score (nSPS) is 16.2. The van der Waals surface area contributed by atoms with Crippen molar-refractivity contribution >= 4 is 15.4 Å². The summed E-state index contributed by atoms with van der Waals surface area (Å²) >= 11 is 0.